The topological polar surface area (TPSA) is 84.3 Å². The fraction of sp³-hybridized carbons (Fsp3) is 0.400. The maximum Gasteiger partial charge on any atom is 0.330 e. The number of hydrogen-bond acceptors (Lipinski definition) is 4. The predicted molar refractivity (Wildman–Crippen MR) is 56.0 cm³/mol. The van der Waals surface area contributed by atoms with Crippen LogP contribution in [0.5, 0.6) is 0 Å². The number of aromatic amines is 1. The number of hydrogen-bond donors (Lipinski definition) is 2. The minimum Gasteiger partial charge on any atom is -0.393 e. The van der Waals surface area contributed by atoms with E-state index in [0.717, 1.165) is 10.8 Å². The second-order valence-corrected chi connectivity index (χ2v) is 3.76. The molecule has 0 radical (unpaired) electrons. The van der Waals surface area contributed by atoms with Crippen molar-refractivity contribution < 1.29 is 14.2 Å². The number of nitrogens with zero attached hydrogens (tertiary/aromatic N) is 1. The van der Waals surface area contributed by atoms with Crippen LogP contribution in [0.15, 0.2) is 27.4 Å². The zero-order valence-electron chi connectivity index (χ0n) is 9.01. The molecule has 0 saturated carbocycles. The number of aliphatic hydroxyl groups excluding tert-OH is 1. The molecule has 2 rings (SSSR count). The summed E-state index contributed by atoms with van der Waals surface area (Å²) in [5.41, 5.74) is -1.16. The van der Waals surface area contributed by atoms with Crippen molar-refractivity contribution in [2.45, 2.75) is 19.3 Å². The molecule has 0 fully saturated rings. The number of aromatic nitrogens is 2. The molecule has 6 nitrogen and oxygen atoms in total. The Kier molecular flexibility index (Phi) is 2.95. The zero-order valence-corrected chi connectivity index (χ0v) is 9.01. The first kappa shape index (κ1) is 11.7. The van der Waals surface area contributed by atoms with Crippen LogP contribution in [0.1, 0.15) is 13.2 Å². The molecule has 1 aromatic rings. The number of aliphatic hydroxyl groups is 1. The molecule has 2 heterocycles. The normalized spacial score (nSPS) is 23.8. The van der Waals surface area contributed by atoms with Crippen molar-refractivity contribution in [2.75, 3.05) is 6.61 Å². The van der Waals surface area contributed by atoms with Gasteiger partial charge in [-0.1, -0.05) is 6.08 Å². The van der Waals surface area contributed by atoms with E-state index in [4.69, 9.17) is 9.84 Å². The largest absolute Gasteiger partial charge is 0.393 e. The quantitative estimate of drug-likeness (QED) is 0.685. The molecule has 1 aliphatic rings. The van der Waals surface area contributed by atoms with Gasteiger partial charge in [0.05, 0.1) is 12.8 Å². The molecule has 0 spiro atoms. The minimum atomic E-state index is -1.07. The lowest BCUT2D eigenvalue weighted by molar-refractivity contribution is -0.0148. The third kappa shape index (κ3) is 2.06. The van der Waals surface area contributed by atoms with Gasteiger partial charge in [0.25, 0.3) is 5.56 Å². The fourth-order valence-corrected chi connectivity index (χ4v) is 1.70. The van der Waals surface area contributed by atoms with Gasteiger partial charge < -0.3 is 9.84 Å². The summed E-state index contributed by atoms with van der Waals surface area (Å²) >= 11 is 0. The van der Waals surface area contributed by atoms with Gasteiger partial charge in [-0.25, -0.2) is 4.79 Å². The first-order valence-electron chi connectivity index (χ1n) is 4.98. The molecule has 0 bridgehead atoms. The van der Waals surface area contributed by atoms with Gasteiger partial charge in [-0.15, -0.1) is 0 Å². The van der Waals surface area contributed by atoms with Gasteiger partial charge in [-0.05, 0) is 12.5 Å². The zero-order chi connectivity index (χ0) is 12.6. The average Bonchev–Trinajstić information content (AvgIpc) is 2.65. The summed E-state index contributed by atoms with van der Waals surface area (Å²) in [7, 11) is 0. The van der Waals surface area contributed by atoms with E-state index < -0.39 is 29.4 Å². The van der Waals surface area contributed by atoms with Gasteiger partial charge in [0.1, 0.15) is 6.10 Å². The smallest absolute Gasteiger partial charge is 0.330 e. The van der Waals surface area contributed by atoms with Crippen molar-refractivity contribution >= 4 is 0 Å². The molecular weight excluding hydrogens is 231 g/mol. The predicted octanol–water partition coefficient (Wildman–Crippen LogP) is -0.488. The van der Waals surface area contributed by atoms with Crippen LogP contribution in [0.3, 0.4) is 0 Å². The Labute approximate surface area is 95.0 Å². The molecule has 0 aromatic carbocycles. The van der Waals surface area contributed by atoms with E-state index in [-0.39, 0.29) is 6.61 Å². The van der Waals surface area contributed by atoms with Crippen LogP contribution >= 0.6 is 0 Å². The maximum absolute atomic E-state index is 13.1. The Bertz CT molecular complexity index is 574. The van der Waals surface area contributed by atoms with Gasteiger partial charge in [0, 0.05) is 0 Å². The van der Waals surface area contributed by atoms with Crippen LogP contribution < -0.4 is 11.2 Å². The fourth-order valence-electron chi connectivity index (χ4n) is 1.70. The average molecular weight is 242 g/mol. The lowest BCUT2D eigenvalue weighted by Crippen LogP contribution is -2.34. The van der Waals surface area contributed by atoms with Crippen LogP contribution in [0.25, 0.3) is 0 Å². The SMILES string of the molecule is CC1=C[C@@H](CO)O[C@H]1n1cc(F)c(=O)[nH]c1=O. The number of rotatable bonds is 2. The van der Waals surface area contributed by atoms with Gasteiger partial charge in [0.15, 0.2) is 6.23 Å². The van der Waals surface area contributed by atoms with Crippen molar-refractivity contribution in [3.63, 3.8) is 0 Å². The molecular formula is C10H11FN2O4. The highest BCUT2D eigenvalue weighted by Gasteiger charge is 2.26. The van der Waals surface area contributed by atoms with E-state index in [0.29, 0.717) is 5.57 Å². The second kappa shape index (κ2) is 4.27. The molecule has 0 saturated heterocycles. The van der Waals surface area contributed by atoms with Crippen molar-refractivity contribution in [1.29, 1.82) is 0 Å². The van der Waals surface area contributed by atoms with Gasteiger partial charge in [-0.2, -0.15) is 4.39 Å². The van der Waals surface area contributed by atoms with E-state index in [9.17, 15) is 14.0 Å². The molecule has 0 aliphatic carbocycles. The molecule has 92 valence electrons. The van der Waals surface area contributed by atoms with Gasteiger partial charge >= 0.3 is 5.69 Å². The third-order valence-electron chi connectivity index (χ3n) is 2.50. The summed E-state index contributed by atoms with van der Waals surface area (Å²) in [6.07, 6.45) is 1.11. The highest BCUT2D eigenvalue weighted by Crippen LogP contribution is 2.26. The third-order valence-corrected chi connectivity index (χ3v) is 2.50. The van der Waals surface area contributed by atoms with Crippen LogP contribution in [0.2, 0.25) is 0 Å². The highest BCUT2D eigenvalue weighted by molar-refractivity contribution is 5.12. The number of ether oxygens (including phenoxy) is 1. The molecule has 2 atom stereocenters. The summed E-state index contributed by atoms with van der Waals surface area (Å²) in [6, 6.07) is 0. The summed E-state index contributed by atoms with van der Waals surface area (Å²) < 4.78 is 19.3. The van der Waals surface area contributed by atoms with Crippen molar-refractivity contribution in [3.8, 4) is 0 Å². The van der Waals surface area contributed by atoms with Crippen molar-refractivity contribution in [2.24, 2.45) is 0 Å². The lowest BCUT2D eigenvalue weighted by Gasteiger charge is -2.16. The van der Waals surface area contributed by atoms with E-state index in [1.165, 1.54) is 0 Å². The molecule has 17 heavy (non-hydrogen) atoms. The van der Waals surface area contributed by atoms with Crippen LogP contribution in [-0.2, 0) is 4.74 Å². The summed E-state index contributed by atoms with van der Waals surface area (Å²) in [5.74, 6) is -1.06. The molecule has 0 unspecified atom stereocenters. The number of nitrogens with one attached hydrogen (secondary N) is 1. The Balaban J connectivity index is 2.43. The van der Waals surface area contributed by atoms with Crippen molar-refractivity contribution in [1.82, 2.24) is 9.55 Å². The Hall–Kier alpha value is -1.73. The Morgan fingerprint density at radius 2 is 2.29 bits per heavy atom. The molecule has 7 heteroatoms. The lowest BCUT2D eigenvalue weighted by atomic mass is 10.2. The van der Waals surface area contributed by atoms with Crippen molar-refractivity contribution in [3.05, 3.63) is 44.5 Å². The summed E-state index contributed by atoms with van der Waals surface area (Å²) in [5, 5.41) is 8.93. The molecule has 1 aliphatic heterocycles. The summed E-state index contributed by atoms with van der Waals surface area (Å²) in [6.45, 7) is 1.46. The van der Waals surface area contributed by atoms with E-state index in [2.05, 4.69) is 0 Å². The summed E-state index contributed by atoms with van der Waals surface area (Å²) in [4.78, 5) is 24.2. The molecule has 1 aromatic heterocycles. The first-order chi connectivity index (χ1) is 8.02. The van der Waals surface area contributed by atoms with E-state index in [1.54, 1.807) is 13.0 Å². The maximum atomic E-state index is 13.1. The van der Waals surface area contributed by atoms with Crippen LogP contribution in [0, 0.1) is 5.82 Å². The van der Waals surface area contributed by atoms with E-state index >= 15 is 0 Å². The second-order valence-electron chi connectivity index (χ2n) is 3.76. The Morgan fingerprint density at radius 1 is 1.59 bits per heavy atom. The number of H-pyrrole nitrogens is 1. The van der Waals surface area contributed by atoms with E-state index in [1.807, 2.05) is 4.98 Å². The standard InChI is InChI=1S/C10H11FN2O4/c1-5-2-6(4-14)17-9(5)13-3-7(11)8(15)12-10(13)16/h2-3,6,9,14H,4H2,1H3,(H,12,15,16)/t6-,9+/m0/s1. The molecule has 2 N–H and O–H groups in total. The van der Waals surface area contributed by atoms with Gasteiger partial charge in [0.2, 0.25) is 5.82 Å². The Morgan fingerprint density at radius 3 is 2.88 bits per heavy atom. The van der Waals surface area contributed by atoms with Crippen LogP contribution in [0.4, 0.5) is 4.39 Å². The van der Waals surface area contributed by atoms with Gasteiger partial charge in [-0.3, -0.25) is 14.3 Å². The minimum absolute atomic E-state index is 0.228. The highest BCUT2D eigenvalue weighted by atomic mass is 19.1. The molecule has 0 amide bonds. The monoisotopic (exact) mass is 242 g/mol. The number of halogens is 1. The van der Waals surface area contributed by atoms with Crippen LogP contribution in [-0.4, -0.2) is 27.4 Å². The first-order valence-corrected chi connectivity index (χ1v) is 4.98.